The number of aromatic nitrogens is 2. The average Bonchev–Trinajstić information content (AvgIpc) is 3.74. The van der Waals surface area contributed by atoms with E-state index in [2.05, 4.69) is 24.9 Å². The summed E-state index contributed by atoms with van der Waals surface area (Å²) in [5.74, 6) is -4.29. The number of anilines is 1. The van der Waals surface area contributed by atoms with Crippen LogP contribution in [0.15, 0.2) is 110 Å². The summed E-state index contributed by atoms with van der Waals surface area (Å²) in [5.41, 5.74) is 1.45. The Bertz CT molecular complexity index is 2470. The van der Waals surface area contributed by atoms with Crippen molar-refractivity contribution in [1.29, 1.82) is 0 Å². The third-order valence-electron chi connectivity index (χ3n) is 7.92. The zero-order valence-electron chi connectivity index (χ0n) is 22.3. The number of nitrogens with zero attached hydrogens (tertiary/aromatic N) is 6. The molecule has 0 spiro atoms. The molecule has 3 aliphatic heterocycles. The van der Waals surface area contributed by atoms with Crippen molar-refractivity contribution in [1.82, 2.24) is 9.97 Å². The number of aliphatic imine (C=N–C) groups is 3. The first kappa shape index (κ1) is 24.7. The molecule has 2 N–H and O–H groups in total. The maximum absolute atomic E-state index is 16.9. The number of H-pyrrole nitrogens is 2. The lowest BCUT2D eigenvalue weighted by Crippen LogP contribution is -2.22. The van der Waals surface area contributed by atoms with Crippen molar-refractivity contribution in [2.24, 2.45) is 25.0 Å². The van der Waals surface area contributed by atoms with Crippen LogP contribution in [0.2, 0.25) is 0 Å². The smallest absolute Gasteiger partial charge is 0.324 e. The molecule has 4 aromatic carbocycles. The van der Waals surface area contributed by atoms with Crippen molar-refractivity contribution >= 4 is 50.7 Å². The van der Waals surface area contributed by atoms with Crippen LogP contribution in [-0.2, 0) is 5.92 Å². The zero-order chi connectivity index (χ0) is 29.7. The normalized spacial score (nSPS) is 18.4. The highest BCUT2D eigenvalue weighted by atomic mass is 19.2. The second-order valence-corrected chi connectivity index (χ2v) is 10.5. The van der Waals surface area contributed by atoms with E-state index in [-0.39, 0.29) is 51.0 Å². The van der Waals surface area contributed by atoms with E-state index >= 15 is 8.87 Å². The first-order valence-corrected chi connectivity index (χ1v) is 13.6. The number of benzene rings is 4. The fraction of sp³-hybridized carbons (Fsp3) is 0.0312. The molecule has 6 aromatic rings. The molecule has 5 heterocycles. The largest absolute Gasteiger partial charge is 0.325 e. The van der Waals surface area contributed by atoms with E-state index < -0.39 is 17.6 Å². The highest BCUT2D eigenvalue weighted by molar-refractivity contribution is 6.27. The third kappa shape index (κ3) is 3.41. The molecule has 212 valence electrons. The van der Waals surface area contributed by atoms with E-state index in [9.17, 15) is 8.78 Å². The van der Waals surface area contributed by atoms with Crippen molar-refractivity contribution in [3.63, 3.8) is 0 Å². The second kappa shape index (κ2) is 8.57. The summed E-state index contributed by atoms with van der Waals surface area (Å²) >= 11 is 0. The zero-order valence-corrected chi connectivity index (χ0v) is 22.3. The van der Waals surface area contributed by atoms with Gasteiger partial charge in [-0.05, 0) is 36.4 Å². The number of aromatic amines is 2. The van der Waals surface area contributed by atoms with Gasteiger partial charge in [0.05, 0.1) is 0 Å². The van der Waals surface area contributed by atoms with E-state index in [1.165, 1.54) is 30.3 Å². The lowest BCUT2D eigenvalue weighted by molar-refractivity contribution is 0.197. The molecular formula is C32H16F4N8. The molecule has 0 saturated heterocycles. The van der Waals surface area contributed by atoms with Crippen LogP contribution in [0.3, 0.4) is 0 Å². The minimum atomic E-state index is -2.69. The number of rotatable bonds is 0. The third-order valence-corrected chi connectivity index (χ3v) is 7.92. The van der Waals surface area contributed by atoms with Gasteiger partial charge in [0, 0.05) is 43.8 Å². The maximum Gasteiger partial charge on any atom is 0.325 e. The van der Waals surface area contributed by atoms with Gasteiger partial charge in [-0.1, -0.05) is 53.0 Å². The van der Waals surface area contributed by atoms with Gasteiger partial charge in [-0.3, -0.25) is 0 Å². The molecule has 44 heavy (non-hydrogen) atoms. The molecule has 1 atom stereocenters. The summed E-state index contributed by atoms with van der Waals surface area (Å²) in [6.45, 7) is 0. The van der Waals surface area contributed by atoms with Crippen LogP contribution in [-0.4, -0.2) is 27.5 Å². The van der Waals surface area contributed by atoms with E-state index in [0.29, 0.717) is 38.1 Å². The van der Waals surface area contributed by atoms with Crippen LogP contribution in [0, 0.1) is 11.6 Å². The van der Waals surface area contributed by atoms with Crippen LogP contribution >= 0.6 is 0 Å². The quantitative estimate of drug-likeness (QED) is 0.128. The molecule has 0 amide bonds. The molecule has 12 heteroatoms. The number of halogens is 4. The van der Waals surface area contributed by atoms with Gasteiger partial charge >= 0.3 is 5.92 Å². The van der Waals surface area contributed by atoms with Gasteiger partial charge in [-0.15, -0.1) is 5.12 Å². The number of nitrogens with one attached hydrogen (secondary N) is 2. The van der Waals surface area contributed by atoms with Crippen LogP contribution in [0.25, 0.3) is 21.5 Å². The Hall–Kier alpha value is -5.91. The lowest BCUT2D eigenvalue weighted by atomic mass is 10.1. The first-order valence-electron chi connectivity index (χ1n) is 13.6. The summed E-state index contributed by atoms with van der Waals surface area (Å²) in [4.78, 5) is 28.5. The number of hydrogen-bond acceptors (Lipinski definition) is 6. The van der Waals surface area contributed by atoms with E-state index in [1.807, 2.05) is 24.3 Å². The predicted octanol–water partition coefficient (Wildman–Crippen LogP) is 5.95. The fourth-order valence-electron chi connectivity index (χ4n) is 5.93. The van der Waals surface area contributed by atoms with Gasteiger partial charge in [0.15, 0.2) is 23.3 Å². The Morgan fingerprint density at radius 1 is 0.614 bits per heavy atom. The van der Waals surface area contributed by atoms with Crippen molar-refractivity contribution in [3.8, 4) is 0 Å². The monoisotopic (exact) mass is 588 g/mol. The predicted molar refractivity (Wildman–Crippen MR) is 157 cm³/mol. The molecule has 8 bridgehead atoms. The van der Waals surface area contributed by atoms with Gasteiger partial charge in [-0.25, -0.2) is 33.7 Å². The van der Waals surface area contributed by atoms with Crippen molar-refractivity contribution in [2.75, 3.05) is 5.12 Å². The number of alkyl halides is 1. The summed E-state index contributed by atoms with van der Waals surface area (Å²) in [6, 6.07) is 21.3. The van der Waals surface area contributed by atoms with Crippen LogP contribution < -0.4 is 16.1 Å². The Balaban J connectivity index is 1.43. The first-order chi connectivity index (χ1) is 21.4. The lowest BCUT2D eigenvalue weighted by Gasteiger charge is -2.13. The van der Waals surface area contributed by atoms with E-state index in [1.54, 1.807) is 18.2 Å². The van der Waals surface area contributed by atoms with Crippen molar-refractivity contribution in [2.45, 2.75) is 5.92 Å². The van der Waals surface area contributed by atoms with Gasteiger partial charge < -0.3 is 9.97 Å². The van der Waals surface area contributed by atoms with Crippen LogP contribution in [0.1, 0.15) is 22.3 Å². The highest BCUT2D eigenvalue weighted by Crippen LogP contribution is 2.41. The SMILES string of the molecule is Fc1ccc2c(c1)C1=NC3(F)N=C(N=c4[nH]c(c5ccccc45)=Nc4[nH]c(c5ccc(F)cc45)N(F)C2=N1)c1ccccc13. The standard InChI is InChI=1S/C32H16F4N8/c33-15-9-11-19-22(13-15)27-38-25-17-5-1-2-6-18(17)26(37-25)39-28-21-7-3-4-8-24(21)32(35,42-28)43-29-23-14-16(34)10-12-20(23)31(41-29)44(36)30(19)40-27/h1-14,40H,(H,37,38,39,42). The summed E-state index contributed by atoms with van der Waals surface area (Å²) in [7, 11) is 0. The van der Waals surface area contributed by atoms with Gasteiger partial charge in [0.1, 0.15) is 28.4 Å². The minimum Gasteiger partial charge on any atom is -0.324 e. The van der Waals surface area contributed by atoms with Gasteiger partial charge in [0.25, 0.3) is 0 Å². The summed E-state index contributed by atoms with van der Waals surface area (Å²) in [5, 5.41) is 2.19. The van der Waals surface area contributed by atoms with E-state index in [4.69, 9.17) is 9.98 Å². The molecule has 0 aliphatic carbocycles. The van der Waals surface area contributed by atoms with Gasteiger partial charge in [-0.2, -0.15) is 4.39 Å². The number of hydrogen-bond donors (Lipinski definition) is 2. The Morgan fingerprint density at radius 2 is 1.30 bits per heavy atom. The number of fused-ring (bicyclic) bond motifs is 18. The molecule has 0 radical (unpaired) electrons. The van der Waals surface area contributed by atoms with Crippen LogP contribution in [0.5, 0.6) is 0 Å². The summed E-state index contributed by atoms with van der Waals surface area (Å²) < 4.78 is 62.4. The molecule has 1 unspecified atom stereocenters. The Morgan fingerprint density at radius 3 is 2.11 bits per heavy atom. The average molecular weight is 589 g/mol. The molecule has 8 nitrogen and oxygen atoms in total. The van der Waals surface area contributed by atoms with Gasteiger partial charge in [0.2, 0.25) is 0 Å². The number of amidine groups is 3. The summed E-state index contributed by atoms with van der Waals surface area (Å²) in [6.07, 6.45) is 0. The fourth-order valence-corrected chi connectivity index (χ4v) is 5.93. The van der Waals surface area contributed by atoms with E-state index in [0.717, 1.165) is 12.1 Å². The van der Waals surface area contributed by atoms with Crippen LogP contribution in [0.4, 0.5) is 29.3 Å². The maximum atomic E-state index is 16.9. The van der Waals surface area contributed by atoms with Crippen molar-refractivity contribution in [3.05, 3.63) is 130 Å². The topological polar surface area (TPSA) is 96.6 Å². The molecule has 3 aliphatic rings. The molecule has 0 saturated carbocycles. The Labute approximate surface area is 244 Å². The molecule has 9 rings (SSSR count). The molecule has 0 fully saturated rings. The second-order valence-electron chi connectivity index (χ2n) is 10.5. The highest BCUT2D eigenvalue weighted by Gasteiger charge is 2.42. The minimum absolute atomic E-state index is 0.0570. The molecular weight excluding hydrogens is 572 g/mol. The van der Waals surface area contributed by atoms with Crippen molar-refractivity contribution < 1.29 is 17.7 Å². The molecule has 2 aromatic heterocycles. The Kier molecular flexibility index (Phi) is 4.80.